The van der Waals surface area contributed by atoms with Crippen molar-refractivity contribution in [1.29, 1.82) is 0 Å². The molecule has 0 aliphatic rings. The number of aliphatic carboxylic acids is 1. The number of nitrogens with zero attached hydrogens (tertiary/aromatic N) is 1. The van der Waals surface area contributed by atoms with E-state index in [0.717, 1.165) is 31.4 Å². The molecule has 0 spiro atoms. The predicted molar refractivity (Wildman–Crippen MR) is 113 cm³/mol. The Labute approximate surface area is 177 Å². The molecule has 0 bridgehead atoms. The van der Waals surface area contributed by atoms with Gasteiger partial charge in [-0.3, -0.25) is 14.9 Å². The molecule has 0 heterocycles. The van der Waals surface area contributed by atoms with Gasteiger partial charge < -0.3 is 26.5 Å². The van der Waals surface area contributed by atoms with E-state index >= 15 is 0 Å². The summed E-state index contributed by atoms with van der Waals surface area (Å²) in [5.41, 5.74) is -0.201. The summed E-state index contributed by atoms with van der Waals surface area (Å²) in [4.78, 5) is 33.5. The number of hydrogen-bond donors (Lipinski definition) is 3. The van der Waals surface area contributed by atoms with Gasteiger partial charge in [-0.2, -0.15) is 0 Å². The molecule has 6 N–H and O–H groups in total. The molecule has 0 fully saturated rings. The largest absolute Gasteiger partial charge is 0.548 e. The first-order valence-electron chi connectivity index (χ1n) is 10.3. The number of carboxylic acid groups (broad SMARTS) is 1. The number of aromatic hydroxyl groups is 1. The van der Waals surface area contributed by atoms with E-state index in [1.54, 1.807) is 0 Å². The number of amides is 1. The van der Waals surface area contributed by atoms with Gasteiger partial charge in [-0.25, -0.2) is 0 Å². The molecule has 0 saturated heterocycles. The number of benzene rings is 1. The highest BCUT2D eigenvalue weighted by Crippen LogP contribution is 2.26. The molecule has 0 aromatic heterocycles. The molecule has 1 aromatic rings. The summed E-state index contributed by atoms with van der Waals surface area (Å²) >= 11 is 0. The number of carbonyl (C=O) groups excluding carboxylic acids is 2. The summed E-state index contributed by atoms with van der Waals surface area (Å²) in [6.07, 6.45) is 10.1. The van der Waals surface area contributed by atoms with Crippen molar-refractivity contribution >= 4 is 17.6 Å². The van der Waals surface area contributed by atoms with Crippen molar-refractivity contribution < 1.29 is 24.7 Å². The summed E-state index contributed by atoms with van der Waals surface area (Å²) in [5.74, 6) is -2.34. The fourth-order valence-corrected chi connectivity index (χ4v) is 3.13. The van der Waals surface area contributed by atoms with Crippen molar-refractivity contribution in [3.8, 4) is 5.75 Å². The number of phenolic OH excluding ortho intramolecular Hbond substituents is 1. The van der Waals surface area contributed by atoms with Crippen LogP contribution in [0.25, 0.3) is 0 Å². The second-order valence-electron chi connectivity index (χ2n) is 7.30. The monoisotopic (exact) mass is 425 g/mol. The molecule has 1 amide bonds. The fraction of sp³-hybridized carbons (Fsp3) is 0.619. The van der Waals surface area contributed by atoms with Gasteiger partial charge in [-0.1, -0.05) is 64.4 Å². The summed E-state index contributed by atoms with van der Waals surface area (Å²) < 4.78 is 0. The third-order valence-electron chi connectivity index (χ3n) is 4.80. The van der Waals surface area contributed by atoms with Gasteiger partial charge in [0.15, 0.2) is 5.75 Å². The SMILES string of the molecule is CCCCCCCCCCCC(=O)NC(Cc1ccc(O)c([N+](=O)[O-])c1)C(=O)[O-].[NH4+]. The van der Waals surface area contributed by atoms with Crippen molar-refractivity contribution in [2.45, 2.75) is 83.6 Å². The van der Waals surface area contributed by atoms with Crippen molar-refractivity contribution in [3.05, 3.63) is 33.9 Å². The Morgan fingerprint density at radius 2 is 1.63 bits per heavy atom. The van der Waals surface area contributed by atoms with Gasteiger partial charge in [0.05, 0.1) is 16.9 Å². The number of hydrogen-bond acceptors (Lipinski definition) is 6. The van der Waals surface area contributed by atoms with E-state index in [-0.39, 0.29) is 24.9 Å². The minimum atomic E-state index is -1.46. The molecule has 1 aromatic carbocycles. The predicted octanol–water partition coefficient (Wildman–Crippen LogP) is 3.37. The van der Waals surface area contributed by atoms with Gasteiger partial charge in [0.2, 0.25) is 5.91 Å². The van der Waals surface area contributed by atoms with Crippen LogP contribution in [0.15, 0.2) is 18.2 Å². The molecule has 0 aliphatic heterocycles. The first kappa shape index (κ1) is 27.3. The first-order chi connectivity index (χ1) is 13.8. The molecular formula is C21H35N3O6. The third kappa shape index (κ3) is 10.8. The minimum absolute atomic E-state index is 0. The number of unbranched alkanes of at least 4 members (excludes halogenated alkanes) is 8. The van der Waals surface area contributed by atoms with Crippen LogP contribution in [0.3, 0.4) is 0 Å². The fourth-order valence-electron chi connectivity index (χ4n) is 3.13. The van der Waals surface area contributed by atoms with Gasteiger partial charge in [-0.05, 0) is 24.5 Å². The maximum absolute atomic E-state index is 12.0. The van der Waals surface area contributed by atoms with Crippen molar-refractivity contribution in [2.75, 3.05) is 0 Å². The average Bonchev–Trinajstić information content (AvgIpc) is 2.67. The third-order valence-corrected chi connectivity index (χ3v) is 4.80. The van der Waals surface area contributed by atoms with Gasteiger partial charge in [0.25, 0.3) is 0 Å². The van der Waals surface area contributed by atoms with Gasteiger partial charge in [0.1, 0.15) is 0 Å². The normalized spacial score (nSPS) is 11.4. The highest BCUT2D eigenvalue weighted by Gasteiger charge is 2.18. The zero-order valence-corrected chi connectivity index (χ0v) is 18.0. The number of phenols is 1. The van der Waals surface area contributed by atoms with Crippen LogP contribution in [0.5, 0.6) is 5.75 Å². The molecule has 9 nitrogen and oxygen atoms in total. The van der Waals surface area contributed by atoms with Crippen LogP contribution in [0, 0.1) is 10.1 Å². The van der Waals surface area contributed by atoms with Crippen molar-refractivity contribution in [1.82, 2.24) is 11.5 Å². The molecule has 1 rings (SSSR count). The Kier molecular flexibility index (Phi) is 13.8. The zero-order valence-electron chi connectivity index (χ0n) is 18.0. The van der Waals surface area contributed by atoms with Crippen LogP contribution in [0.2, 0.25) is 0 Å². The highest BCUT2D eigenvalue weighted by molar-refractivity contribution is 5.82. The molecule has 30 heavy (non-hydrogen) atoms. The van der Waals surface area contributed by atoms with E-state index in [4.69, 9.17) is 0 Å². The van der Waals surface area contributed by atoms with E-state index in [1.807, 2.05) is 0 Å². The molecular weight excluding hydrogens is 390 g/mol. The van der Waals surface area contributed by atoms with Crippen LogP contribution >= 0.6 is 0 Å². The highest BCUT2D eigenvalue weighted by atomic mass is 16.6. The molecule has 0 saturated carbocycles. The number of nitro groups is 1. The number of quaternary nitrogens is 1. The molecule has 170 valence electrons. The van der Waals surface area contributed by atoms with Crippen LogP contribution in [-0.2, 0) is 16.0 Å². The lowest BCUT2D eigenvalue weighted by molar-refractivity contribution is -0.385. The molecule has 1 unspecified atom stereocenters. The Balaban J connectivity index is 0.00000841. The molecule has 0 radical (unpaired) electrons. The minimum Gasteiger partial charge on any atom is -0.548 e. The van der Waals surface area contributed by atoms with Crippen LogP contribution in [-0.4, -0.2) is 27.9 Å². The zero-order chi connectivity index (χ0) is 21.6. The Morgan fingerprint density at radius 3 is 2.17 bits per heavy atom. The lowest BCUT2D eigenvalue weighted by Gasteiger charge is -2.20. The Bertz CT molecular complexity index is 681. The lowest BCUT2D eigenvalue weighted by atomic mass is 10.0. The van der Waals surface area contributed by atoms with E-state index in [9.17, 15) is 29.9 Å². The second kappa shape index (κ2) is 15.2. The topological polar surface area (TPSA) is 169 Å². The molecule has 9 heteroatoms. The standard InChI is InChI=1S/C21H32N2O6.H3N/c1-2-3-4-5-6-7-8-9-10-11-20(25)22-17(21(26)27)14-16-12-13-19(24)18(15-16)23(28)29;/h12-13,15,17,24H,2-11,14H2,1H3,(H,22,25)(H,26,27);1H3. The summed E-state index contributed by atoms with van der Waals surface area (Å²) in [6.45, 7) is 2.19. The summed E-state index contributed by atoms with van der Waals surface area (Å²) in [6, 6.07) is 2.32. The summed E-state index contributed by atoms with van der Waals surface area (Å²) in [5, 5.41) is 34.1. The smallest absolute Gasteiger partial charge is 0.310 e. The van der Waals surface area contributed by atoms with E-state index in [1.165, 1.54) is 38.2 Å². The number of nitrogens with one attached hydrogen (secondary N) is 1. The quantitative estimate of drug-likeness (QED) is 0.221. The summed E-state index contributed by atoms with van der Waals surface area (Å²) in [7, 11) is 0. The second-order valence-corrected chi connectivity index (χ2v) is 7.30. The number of nitro benzene ring substituents is 1. The van der Waals surface area contributed by atoms with Crippen LogP contribution in [0.1, 0.15) is 76.7 Å². The Hall–Kier alpha value is -2.68. The maximum Gasteiger partial charge on any atom is 0.310 e. The van der Waals surface area contributed by atoms with Crippen LogP contribution < -0.4 is 16.6 Å². The maximum atomic E-state index is 12.0. The first-order valence-corrected chi connectivity index (χ1v) is 10.3. The van der Waals surface area contributed by atoms with Crippen molar-refractivity contribution in [2.24, 2.45) is 0 Å². The van der Waals surface area contributed by atoms with E-state index in [2.05, 4.69) is 12.2 Å². The van der Waals surface area contributed by atoms with E-state index < -0.39 is 28.4 Å². The van der Waals surface area contributed by atoms with Crippen molar-refractivity contribution in [3.63, 3.8) is 0 Å². The Morgan fingerprint density at radius 1 is 1.07 bits per heavy atom. The number of rotatable bonds is 15. The average molecular weight is 426 g/mol. The number of carbonyl (C=O) groups is 2. The van der Waals surface area contributed by atoms with Gasteiger partial charge in [0, 0.05) is 12.5 Å². The van der Waals surface area contributed by atoms with Crippen LogP contribution in [0.4, 0.5) is 5.69 Å². The van der Waals surface area contributed by atoms with Gasteiger partial charge >= 0.3 is 5.69 Å². The van der Waals surface area contributed by atoms with E-state index in [0.29, 0.717) is 12.0 Å². The van der Waals surface area contributed by atoms with Gasteiger partial charge in [-0.15, -0.1) is 0 Å². The molecule has 1 atom stereocenters. The lowest BCUT2D eigenvalue weighted by Crippen LogP contribution is -2.49. The number of carboxylic acids is 1. The molecule has 0 aliphatic carbocycles.